The summed E-state index contributed by atoms with van der Waals surface area (Å²) in [6, 6.07) is 9.26. The molecule has 2 aromatic rings. The lowest BCUT2D eigenvalue weighted by atomic mass is 10.3. The molecule has 0 aliphatic carbocycles. The normalized spacial score (nSPS) is 10.3. The maximum atomic E-state index is 12.2. The van der Waals surface area contributed by atoms with Gasteiger partial charge < -0.3 is 10.0 Å². The summed E-state index contributed by atoms with van der Waals surface area (Å²) in [6.45, 7) is 1.87. The van der Waals surface area contributed by atoms with Crippen LogP contribution in [-0.2, 0) is 4.79 Å². The van der Waals surface area contributed by atoms with Crippen LogP contribution in [0.2, 0.25) is 0 Å². The number of amides is 1. The van der Waals surface area contributed by atoms with Crippen LogP contribution in [0, 0.1) is 0 Å². The van der Waals surface area contributed by atoms with Gasteiger partial charge in [-0.25, -0.2) is 9.67 Å². The molecule has 0 radical (unpaired) electrons. The lowest BCUT2D eigenvalue weighted by Crippen LogP contribution is -2.36. The van der Waals surface area contributed by atoms with Crippen molar-refractivity contribution in [1.29, 1.82) is 0 Å². The Morgan fingerprint density at radius 1 is 1.29 bits per heavy atom. The zero-order valence-corrected chi connectivity index (χ0v) is 11.6. The number of carboxylic acids is 1. The molecule has 1 amide bonds. The number of carboxylic acid groups (broad SMARTS) is 1. The summed E-state index contributed by atoms with van der Waals surface area (Å²) in [5.74, 6) is -1.54. The molecule has 0 atom stereocenters. The predicted molar refractivity (Wildman–Crippen MR) is 75.2 cm³/mol. The third kappa shape index (κ3) is 3.65. The number of hydrogen-bond acceptors (Lipinski definition) is 4. The molecule has 1 heterocycles. The van der Waals surface area contributed by atoms with E-state index >= 15 is 0 Å². The Bertz CT molecular complexity index is 624. The second-order valence-corrected chi connectivity index (χ2v) is 4.47. The van der Waals surface area contributed by atoms with Gasteiger partial charge in [0.15, 0.2) is 0 Å². The molecule has 0 aliphatic heterocycles. The molecule has 0 aliphatic rings. The first-order valence-corrected chi connectivity index (χ1v) is 6.60. The van der Waals surface area contributed by atoms with Crippen molar-refractivity contribution < 1.29 is 14.7 Å². The van der Waals surface area contributed by atoms with E-state index in [1.165, 1.54) is 15.9 Å². The molecule has 0 bridgehead atoms. The molecular weight excluding hydrogens is 272 g/mol. The smallest absolute Gasteiger partial charge is 0.323 e. The summed E-state index contributed by atoms with van der Waals surface area (Å²) < 4.78 is 1.48. The van der Waals surface area contributed by atoms with Crippen LogP contribution in [0.4, 0.5) is 0 Å². The quantitative estimate of drug-likeness (QED) is 0.863. The molecule has 0 fully saturated rings. The van der Waals surface area contributed by atoms with Crippen LogP contribution in [0.3, 0.4) is 0 Å². The van der Waals surface area contributed by atoms with Crippen LogP contribution in [0.15, 0.2) is 36.7 Å². The average molecular weight is 288 g/mol. The SMILES string of the molecule is CCCN(CC(=O)O)C(=O)c1ncn(-c2ccccc2)n1. The lowest BCUT2D eigenvalue weighted by Gasteiger charge is -2.17. The maximum absolute atomic E-state index is 12.2. The van der Waals surface area contributed by atoms with Crippen molar-refractivity contribution in [3.63, 3.8) is 0 Å². The van der Waals surface area contributed by atoms with Crippen LogP contribution in [0.5, 0.6) is 0 Å². The van der Waals surface area contributed by atoms with Crippen molar-refractivity contribution in [3.8, 4) is 5.69 Å². The van der Waals surface area contributed by atoms with Gasteiger partial charge in [-0.1, -0.05) is 25.1 Å². The zero-order valence-electron chi connectivity index (χ0n) is 11.6. The fourth-order valence-corrected chi connectivity index (χ4v) is 1.89. The van der Waals surface area contributed by atoms with E-state index in [0.717, 1.165) is 5.69 Å². The van der Waals surface area contributed by atoms with Crippen molar-refractivity contribution in [2.24, 2.45) is 0 Å². The standard InChI is InChI=1S/C14H16N4O3/c1-2-8-17(9-12(19)20)14(21)13-15-10-18(16-13)11-6-4-3-5-7-11/h3-7,10H,2,8-9H2,1H3,(H,19,20). The summed E-state index contributed by atoms with van der Waals surface area (Å²) in [5.41, 5.74) is 0.782. The highest BCUT2D eigenvalue weighted by Gasteiger charge is 2.21. The number of aromatic nitrogens is 3. The van der Waals surface area contributed by atoms with E-state index in [1.54, 1.807) is 0 Å². The highest BCUT2D eigenvalue weighted by atomic mass is 16.4. The van der Waals surface area contributed by atoms with Crippen molar-refractivity contribution in [1.82, 2.24) is 19.7 Å². The lowest BCUT2D eigenvalue weighted by molar-refractivity contribution is -0.137. The minimum Gasteiger partial charge on any atom is -0.480 e. The number of nitrogens with zero attached hydrogens (tertiary/aromatic N) is 4. The number of hydrogen-bond donors (Lipinski definition) is 1. The highest BCUT2D eigenvalue weighted by Crippen LogP contribution is 2.06. The number of carbonyl (C=O) groups excluding carboxylic acids is 1. The Morgan fingerprint density at radius 3 is 2.62 bits per heavy atom. The Balaban J connectivity index is 2.19. The molecule has 1 aromatic carbocycles. The first kappa shape index (κ1) is 14.7. The third-order valence-corrected chi connectivity index (χ3v) is 2.81. The van der Waals surface area contributed by atoms with Gasteiger partial charge in [0.05, 0.1) is 5.69 Å². The molecule has 1 aromatic heterocycles. The van der Waals surface area contributed by atoms with Crippen molar-refractivity contribution in [3.05, 3.63) is 42.5 Å². The fraction of sp³-hybridized carbons (Fsp3) is 0.286. The molecule has 7 heteroatoms. The van der Waals surface area contributed by atoms with Crippen LogP contribution in [0.25, 0.3) is 5.69 Å². The minimum absolute atomic E-state index is 0.00597. The monoisotopic (exact) mass is 288 g/mol. The van der Waals surface area contributed by atoms with Gasteiger partial charge in [0.2, 0.25) is 5.82 Å². The fourth-order valence-electron chi connectivity index (χ4n) is 1.89. The molecule has 0 saturated carbocycles. The number of aliphatic carboxylic acids is 1. The Kier molecular flexibility index (Phi) is 4.65. The second kappa shape index (κ2) is 6.65. The number of benzene rings is 1. The molecule has 0 unspecified atom stereocenters. The Morgan fingerprint density at radius 2 is 2.00 bits per heavy atom. The number of carbonyl (C=O) groups is 2. The summed E-state index contributed by atoms with van der Waals surface area (Å²) in [5, 5.41) is 13.0. The molecular formula is C14H16N4O3. The molecule has 110 valence electrons. The molecule has 21 heavy (non-hydrogen) atoms. The minimum atomic E-state index is -1.06. The molecule has 0 spiro atoms. The van der Waals surface area contributed by atoms with Crippen LogP contribution < -0.4 is 0 Å². The van der Waals surface area contributed by atoms with Gasteiger partial charge >= 0.3 is 5.97 Å². The summed E-state index contributed by atoms with van der Waals surface area (Å²) >= 11 is 0. The average Bonchev–Trinajstić information content (AvgIpc) is 2.96. The predicted octanol–water partition coefficient (Wildman–Crippen LogP) is 1.20. The van der Waals surface area contributed by atoms with Crippen LogP contribution >= 0.6 is 0 Å². The van der Waals surface area contributed by atoms with E-state index in [2.05, 4.69) is 10.1 Å². The molecule has 1 N–H and O–H groups in total. The van der Waals surface area contributed by atoms with Crippen molar-refractivity contribution in [2.75, 3.05) is 13.1 Å². The Labute approximate surface area is 121 Å². The summed E-state index contributed by atoms with van der Waals surface area (Å²) in [4.78, 5) is 28.2. The Hall–Kier alpha value is -2.70. The first-order chi connectivity index (χ1) is 10.1. The van der Waals surface area contributed by atoms with Gasteiger partial charge in [-0.15, -0.1) is 5.10 Å². The molecule has 0 saturated heterocycles. The largest absolute Gasteiger partial charge is 0.480 e. The second-order valence-electron chi connectivity index (χ2n) is 4.47. The van der Waals surface area contributed by atoms with E-state index in [4.69, 9.17) is 5.11 Å². The summed E-state index contributed by atoms with van der Waals surface area (Å²) in [6.07, 6.45) is 2.10. The third-order valence-electron chi connectivity index (χ3n) is 2.81. The zero-order chi connectivity index (χ0) is 15.2. The van der Waals surface area contributed by atoms with E-state index in [1.807, 2.05) is 37.3 Å². The van der Waals surface area contributed by atoms with Crippen molar-refractivity contribution >= 4 is 11.9 Å². The first-order valence-electron chi connectivity index (χ1n) is 6.60. The number of rotatable bonds is 6. The van der Waals surface area contributed by atoms with E-state index in [-0.39, 0.29) is 12.4 Å². The van der Waals surface area contributed by atoms with E-state index in [0.29, 0.717) is 13.0 Å². The van der Waals surface area contributed by atoms with Crippen LogP contribution in [-0.4, -0.2) is 49.7 Å². The molecule has 7 nitrogen and oxygen atoms in total. The molecule has 2 rings (SSSR count). The van der Waals surface area contributed by atoms with Gasteiger partial charge in [0.1, 0.15) is 12.9 Å². The van der Waals surface area contributed by atoms with Crippen molar-refractivity contribution in [2.45, 2.75) is 13.3 Å². The highest BCUT2D eigenvalue weighted by molar-refractivity contribution is 5.92. The van der Waals surface area contributed by atoms with Gasteiger partial charge in [0, 0.05) is 6.54 Å². The van der Waals surface area contributed by atoms with Gasteiger partial charge in [-0.05, 0) is 18.6 Å². The van der Waals surface area contributed by atoms with Gasteiger partial charge in [-0.2, -0.15) is 0 Å². The maximum Gasteiger partial charge on any atom is 0.323 e. The summed E-state index contributed by atoms with van der Waals surface area (Å²) in [7, 11) is 0. The topological polar surface area (TPSA) is 88.3 Å². The van der Waals surface area contributed by atoms with Crippen LogP contribution in [0.1, 0.15) is 24.0 Å². The van der Waals surface area contributed by atoms with Gasteiger partial charge in [0.25, 0.3) is 5.91 Å². The van der Waals surface area contributed by atoms with E-state index < -0.39 is 11.9 Å². The number of para-hydroxylation sites is 1. The van der Waals surface area contributed by atoms with E-state index in [9.17, 15) is 9.59 Å². The van der Waals surface area contributed by atoms with Gasteiger partial charge in [-0.3, -0.25) is 9.59 Å².